The predicted molar refractivity (Wildman–Crippen MR) is 80.6 cm³/mol. The first-order chi connectivity index (χ1) is 9.74. The summed E-state index contributed by atoms with van der Waals surface area (Å²) in [5, 5.41) is 0. The van der Waals surface area contributed by atoms with Crippen LogP contribution < -0.4 is 0 Å². The number of hydrogen-bond acceptors (Lipinski definition) is 1. The lowest BCUT2D eigenvalue weighted by molar-refractivity contribution is -0.148. The number of nitrogens with zero attached hydrogens (tertiary/aromatic N) is 1. The average Bonchev–Trinajstić information content (AvgIpc) is 2.86. The SMILES string of the molecule is O=C(C1C2CC3CC(C2)CC1C3)N1CCC(CCCl)C1. The minimum absolute atomic E-state index is 0.387. The summed E-state index contributed by atoms with van der Waals surface area (Å²) in [5.74, 6) is 5.68. The van der Waals surface area contributed by atoms with E-state index in [1.807, 2.05) is 0 Å². The van der Waals surface area contributed by atoms with Gasteiger partial charge in [-0.3, -0.25) is 4.79 Å². The lowest BCUT2D eigenvalue weighted by Gasteiger charge is -2.54. The summed E-state index contributed by atoms with van der Waals surface area (Å²) in [6.45, 7) is 1.97. The number of hydrogen-bond donors (Lipinski definition) is 0. The van der Waals surface area contributed by atoms with E-state index in [2.05, 4.69) is 4.90 Å². The van der Waals surface area contributed by atoms with Crippen molar-refractivity contribution < 1.29 is 4.79 Å². The van der Waals surface area contributed by atoms with Crippen LogP contribution in [0.2, 0.25) is 0 Å². The quantitative estimate of drug-likeness (QED) is 0.729. The summed E-state index contributed by atoms with van der Waals surface area (Å²) in [6, 6.07) is 0. The first kappa shape index (κ1) is 13.4. The fourth-order valence-corrected chi connectivity index (χ4v) is 6.27. The number of amides is 1. The minimum atomic E-state index is 0.387. The Labute approximate surface area is 127 Å². The largest absolute Gasteiger partial charge is 0.342 e. The van der Waals surface area contributed by atoms with Crippen LogP contribution in [0.5, 0.6) is 0 Å². The molecule has 5 rings (SSSR count). The molecule has 1 aliphatic heterocycles. The first-order valence-electron chi connectivity index (χ1n) is 8.59. The Morgan fingerprint density at radius 3 is 2.30 bits per heavy atom. The molecule has 4 aliphatic carbocycles. The van der Waals surface area contributed by atoms with E-state index < -0.39 is 0 Å². The van der Waals surface area contributed by atoms with Gasteiger partial charge in [0.2, 0.25) is 5.91 Å². The molecule has 1 heterocycles. The molecule has 5 fully saturated rings. The molecule has 0 aromatic carbocycles. The normalized spacial score (nSPS) is 46.1. The molecule has 1 atom stereocenters. The van der Waals surface area contributed by atoms with Crippen LogP contribution >= 0.6 is 11.6 Å². The Bertz CT molecular complexity index is 368. The zero-order valence-electron chi connectivity index (χ0n) is 12.3. The molecule has 0 aromatic heterocycles. The van der Waals surface area contributed by atoms with Crippen LogP contribution in [0.3, 0.4) is 0 Å². The van der Waals surface area contributed by atoms with Crippen LogP contribution in [-0.2, 0) is 4.79 Å². The Balaban J connectivity index is 1.44. The number of alkyl halides is 1. The third-order valence-electron chi connectivity index (χ3n) is 6.63. The highest BCUT2D eigenvalue weighted by molar-refractivity contribution is 6.17. The average molecular weight is 296 g/mol. The van der Waals surface area contributed by atoms with Crippen molar-refractivity contribution in [1.29, 1.82) is 0 Å². The molecular formula is C17H26ClNO. The summed E-state index contributed by atoms with van der Waals surface area (Å²) < 4.78 is 0. The summed E-state index contributed by atoms with van der Waals surface area (Å²) in [5.41, 5.74) is 0. The van der Waals surface area contributed by atoms with Crippen molar-refractivity contribution in [1.82, 2.24) is 4.90 Å². The predicted octanol–water partition coefficient (Wildman–Crippen LogP) is 3.54. The molecule has 3 heteroatoms. The van der Waals surface area contributed by atoms with Crippen molar-refractivity contribution in [2.45, 2.75) is 44.9 Å². The lowest BCUT2D eigenvalue weighted by atomic mass is 9.51. The van der Waals surface area contributed by atoms with Gasteiger partial charge in [-0.2, -0.15) is 0 Å². The van der Waals surface area contributed by atoms with Gasteiger partial charge >= 0.3 is 0 Å². The molecule has 0 aromatic rings. The number of likely N-dealkylation sites (tertiary alicyclic amines) is 1. The molecule has 0 spiro atoms. The Kier molecular flexibility index (Phi) is 3.48. The van der Waals surface area contributed by atoms with E-state index in [0.717, 1.165) is 49.1 Å². The third-order valence-corrected chi connectivity index (χ3v) is 6.84. The van der Waals surface area contributed by atoms with E-state index in [4.69, 9.17) is 11.6 Å². The van der Waals surface area contributed by atoms with Gasteiger partial charge < -0.3 is 4.90 Å². The highest BCUT2D eigenvalue weighted by Crippen LogP contribution is 2.57. The summed E-state index contributed by atoms with van der Waals surface area (Å²) in [4.78, 5) is 15.2. The van der Waals surface area contributed by atoms with Crippen LogP contribution in [0.1, 0.15) is 44.9 Å². The molecule has 20 heavy (non-hydrogen) atoms. The van der Waals surface area contributed by atoms with Crippen molar-refractivity contribution in [2.24, 2.45) is 35.5 Å². The van der Waals surface area contributed by atoms with Crippen molar-refractivity contribution in [3.63, 3.8) is 0 Å². The van der Waals surface area contributed by atoms with Crippen LogP contribution in [0.25, 0.3) is 0 Å². The lowest BCUT2D eigenvalue weighted by Crippen LogP contribution is -2.51. The van der Waals surface area contributed by atoms with E-state index in [9.17, 15) is 4.79 Å². The molecule has 0 radical (unpaired) electrons. The number of rotatable bonds is 3. The Hall–Kier alpha value is -0.240. The molecule has 1 amide bonds. The molecule has 4 saturated carbocycles. The maximum absolute atomic E-state index is 13.0. The van der Waals surface area contributed by atoms with Gasteiger partial charge in [-0.1, -0.05) is 0 Å². The van der Waals surface area contributed by atoms with Gasteiger partial charge in [0.05, 0.1) is 0 Å². The molecule has 112 valence electrons. The third kappa shape index (κ3) is 2.19. The second-order valence-corrected chi connectivity index (χ2v) is 8.25. The highest BCUT2D eigenvalue weighted by Gasteiger charge is 2.51. The van der Waals surface area contributed by atoms with E-state index >= 15 is 0 Å². The molecular weight excluding hydrogens is 270 g/mol. The van der Waals surface area contributed by atoms with Crippen molar-refractivity contribution in [2.75, 3.05) is 19.0 Å². The number of halogens is 1. The maximum atomic E-state index is 13.0. The second kappa shape index (κ2) is 5.19. The van der Waals surface area contributed by atoms with Crippen molar-refractivity contribution >= 4 is 17.5 Å². The van der Waals surface area contributed by atoms with E-state index in [0.29, 0.717) is 17.7 Å². The van der Waals surface area contributed by atoms with Crippen LogP contribution in [0, 0.1) is 35.5 Å². The van der Waals surface area contributed by atoms with E-state index in [1.165, 1.54) is 38.5 Å². The second-order valence-electron chi connectivity index (χ2n) is 7.87. The zero-order chi connectivity index (χ0) is 13.7. The van der Waals surface area contributed by atoms with E-state index in [1.54, 1.807) is 0 Å². The summed E-state index contributed by atoms with van der Waals surface area (Å²) in [6.07, 6.45) is 9.11. The molecule has 1 unspecified atom stereocenters. The van der Waals surface area contributed by atoms with Gasteiger partial charge in [0.15, 0.2) is 0 Å². The van der Waals surface area contributed by atoms with Gasteiger partial charge in [-0.15, -0.1) is 11.6 Å². The summed E-state index contributed by atoms with van der Waals surface area (Å²) >= 11 is 5.85. The van der Waals surface area contributed by atoms with Gasteiger partial charge in [0.25, 0.3) is 0 Å². The monoisotopic (exact) mass is 295 g/mol. The highest BCUT2D eigenvalue weighted by atomic mass is 35.5. The standard InChI is InChI=1S/C17H26ClNO/c18-3-1-11-2-4-19(10-11)17(20)16-14-6-12-5-13(8-14)9-15(16)7-12/h11-16H,1-10H2. The van der Waals surface area contributed by atoms with Gasteiger partial charge in [0.1, 0.15) is 0 Å². The van der Waals surface area contributed by atoms with Crippen LogP contribution in [0.4, 0.5) is 0 Å². The first-order valence-corrected chi connectivity index (χ1v) is 9.12. The smallest absolute Gasteiger partial charge is 0.226 e. The Morgan fingerprint density at radius 1 is 1.05 bits per heavy atom. The fraction of sp³-hybridized carbons (Fsp3) is 0.941. The topological polar surface area (TPSA) is 20.3 Å². The number of carbonyl (C=O) groups excluding carboxylic acids is 1. The zero-order valence-corrected chi connectivity index (χ0v) is 13.0. The Morgan fingerprint density at radius 2 is 1.70 bits per heavy atom. The minimum Gasteiger partial charge on any atom is -0.342 e. The number of carbonyl (C=O) groups is 1. The van der Waals surface area contributed by atoms with Crippen LogP contribution in [0.15, 0.2) is 0 Å². The van der Waals surface area contributed by atoms with Crippen LogP contribution in [-0.4, -0.2) is 29.8 Å². The van der Waals surface area contributed by atoms with Gasteiger partial charge in [-0.25, -0.2) is 0 Å². The molecule has 1 saturated heterocycles. The fourth-order valence-electron chi connectivity index (χ4n) is 5.96. The van der Waals surface area contributed by atoms with Gasteiger partial charge in [-0.05, 0) is 74.5 Å². The van der Waals surface area contributed by atoms with E-state index in [-0.39, 0.29) is 0 Å². The van der Waals surface area contributed by atoms with Crippen molar-refractivity contribution in [3.05, 3.63) is 0 Å². The molecule has 0 N–H and O–H groups in total. The molecule has 5 aliphatic rings. The maximum Gasteiger partial charge on any atom is 0.226 e. The van der Waals surface area contributed by atoms with Crippen molar-refractivity contribution in [3.8, 4) is 0 Å². The molecule has 4 bridgehead atoms. The summed E-state index contributed by atoms with van der Waals surface area (Å²) in [7, 11) is 0. The molecule has 2 nitrogen and oxygen atoms in total. The van der Waals surface area contributed by atoms with Gasteiger partial charge in [0, 0.05) is 24.9 Å².